The first kappa shape index (κ1) is 8.02. The van der Waals surface area contributed by atoms with E-state index in [1.54, 1.807) is 0 Å². The van der Waals surface area contributed by atoms with Gasteiger partial charge in [-0.15, -0.1) is 0 Å². The molecule has 2 nitrogen and oxygen atoms in total. The van der Waals surface area contributed by atoms with Crippen molar-refractivity contribution in [2.24, 2.45) is 5.92 Å². The molecule has 0 aliphatic carbocycles. The van der Waals surface area contributed by atoms with Crippen LogP contribution in [0.3, 0.4) is 0 Å². The molecule has 60 valence electrons. The van der Waals surface area contributed by atoms with Crippen LogP contribution in [0.4, 0.5) is 0 Å². The van der Waals surface area contributed by atoms with Crippen molar-refractivity contribution in [3.05, 3.63) is 0 Å². The lowest BCUT2D eigenvalue weighted by molar-refractivity contribution is 0.0309. The number of piperidine rings is 1. The lowest BCUT2D eigenvalue weighted by Crippen LogP contribution is -2.41. The van der Waals surface area contributed by atoms with Crippen molar-refractivity contribution in [1.29, 1.82) is 0 Å². The zero-order valence-electron chi connectivity index (χ0n) is 6.88. The molecule has 0 bridgehead atoms. The van der Waals surface area contributed by atoms with E-state index in [0.717, 1.165) is 25.9 Å². The average Bonchev–Trinajstić information content (AvgIpc) is 1.88. The van der Waals surface area contributed by atoms with Crippen molar-refractivity contribution in [3.8, 4) is 0 Å². The molecule has 1 fully saturated rings. The van der Waals surface area contributed by atoms with E-state index in [1.807, 2.05) is 0 Å². The van der Waals surface area contributed by atoms with Gasteiger partial charge in [-0.2, -0.15) is 0 Å². The standard InChI is InChI=1S/C8H17NO/c1-3-7-4-5-9(2)6-8(7)10/h7-8,10H,3-6H2,1-2H3/t7-,8+/m1/s1. The maximum absolute atomic E-state index is 9.50. The van der Waals surface area contributed by atoms with Gasteiger partial charge in [-0.05, 0) is 25.9 Å². The summed E-state index contributed by atoms with van der Waals surface area (Å²) in [6.07, 6.45) is 2.20. The lowest BCUT2D eigenvalue weighted by atomic mass is 9.92. The maximum atomic E-state index is 9.50. The fourth-order valence-electron chi connectivity index (χ4n) is 1.61. The third kappa shape index (κ3) is 1.70. The summed E-state index contributed by atoms with van der Waals surface area (Å²) in [7, 11) is 2.06. The first-order valence-corrected chi connectivity index (χ1v) is 4.10. The van der Waals surface area contributed by atoms with Gasteiger partial charge in [0.15, 0.2) is 0 Å². The fourth-order valence-corrected chi connectivity index (χ4v) is 1.61. The minimum Gasteiger partial charge on any atom is -0.392 e. The zero-order chi connectivity index (χ0) is 7.56. The molecule has 1 rings (SSSR count). The van der Waals surface area contributed by atoms with E-state index < -0.39 is 0 Å². The Balaban J connectivity index is 2.36. The Morgan fingerprint density at radius 3 is 2.80 bits per heavy atom. The van der Waals surface area contributed by atoms with Gasteiger partial charge >= 0.3 is 0 Å². The van der Waals surface area contributed by atoms with Gasteiger partial charge in [0.05, 0.1) is 6.10 Å². The second-order valence-electron chi connectivity index (χ2n) is 3.29. The number of likely N-dealkylation sites (N-methyl/N-ethyl adjacent to an activating group) is 1. The Morgan fingerprint density at radius 1 is 1.60 bits per heavy atom. The molecule has 0 amide bonds. The first-order chi connectivity index (χ1) is 4.74. The highest BCUT2D eigenvalue weighted by Gasteiger charge is 2.23. The van der Waals surface area contributed by atoms with Crippen molar-refractivity contribution in [3.63, 3.8) is 0 Å². The molecule has 0 aromatic carbocycles. The number of aliphatic hydroxyl groups is 1. The minimum absolute atomic E-state index is 0.0799. The molecule has 2 atom stereocenters. The lowest BCUT2D eigenvalue weighted by Gasteiger charge is -2.32. The summed E-state index contributed by atoms with van der Waals surface area (Å²) in [5.74, 6) is 0.552. The minimum atomic E-state index is -0.0799. The summed E-state index contributed by atoms with van der Waals surface area (Å²) >= 11 is 0. The smallest absolute Gasteiger partial charge is 0.0695 e. The number of rotatable bonds is 1. The predicted molar refractivity (Wildman–Crippen MR) is 41.9 cm³/mol. The van der Waals surface area contributed by atoms with Crippen LogP contribution in [0.1, 0.15) is 19.8 Å². The Morgan fingerprint density at radius 2 is 2.30 bits per heavy atom. The Labute approximate surface area is 62.8 Å². The molecule has 0 aromatic heterocycles. The van der Waals surface area contributed by atoms with Crippen LogP contribution >= 0.6 is 0 Å². The van der Waals surface area contributed by atoms with Crippen LogP contribution in [0.15, 0.2) is 0 Å². The summed E-state index contributed by atoms with van der Waals surface area (Å²) in [5.41, 5.74) is 0. The van der Waals surface area contributed by atoms with Crippen LogP contribution in [0, 0.1) is 5.92 Å². The molecular formula is C8H17NO. The second kappa shape index (κ2) is 3.35. The van der Waals surface area contributed by atoms with Crippen LogP contribution in [-0.4, -0.2) is 36.2 Å². The molecule has 1 heterocycles. The Kier molecular flexibility index (Phi) is 2.69. The molecular weight excluding hydrogens is 126 g/mol. The second-order valence-corrected chi connectivity index (χ2v) is 3.29. The van der Waals surface area contributed by atoms with Crippen LogP contribution in [0.5, 0.6) is 0 Å². The Hall–Kier alpha value is -0.0800. The highest BCUT2D eigenvalue weighted by Crippen LogP contribution is 2.19. The van der Waals surface area contributed by atoms with Crippen molar-refractivity contribution >= 4 is 0 Å². The SMILES string of the molecule is CC[C@@H]1CCN(C)C[C@@H]1O. The summed E-state index contributed by atoms with van der Waals surface area (Å²) < 4.78 is 0. The highest BCUT2D eigenvalue weighted by atomic mass is 16.3. The van der Waals surface area contributed by atoms with Gasteiger partial charge in [-0.1, -0.05) is 13.3 Å². The maximum Gasteiger partial charge on any atom is 0.0695 e. The van der Waals surface area contributed by atoms with Gasteiger partial charge in [-0.3, -0.25) is 0 Å². The van der Waals surface area contributed by atoms with E-state index in [0.29, 0.717) is 5.92 Å². The van der Waals surface area contributed by atoms with Crippen molar-refractivity contribution in [2.45, 2.75) is 25.9 Å². The monoisotopic (exact) mass is 143 g/mol. The molecule has 2 heteroatoms. The van der Waals surface area contributed by atoms with Crippen molar-refractivity contribution in [1.82, 2.24) is 4.90 Å². The summed E-state index contributed by atoms with van der Waals surface area (Å²) in [5, 5.41) is 9.50. The number of nitrogens with zero attached hydrogens (tertiary/aromatic N) is 1. The first-order valence-electron chi connectivity index (χ1n) is 4.10. The molecule has 1 aliphatic heterocycles. The summed E-state index contributed by atoms with van der Waals surface area (Å²) in [4.78, 5) is 2.19. The Bertz CT molecular complexity index is 105. The van der Waals surface area contributed by atoms with Crippen LogP contribution in [0.25, 0.3) is 0 Å². The van der Waals surface area contributed by atoms with Crippen LogP contribution < -0.4 is 0 Å². The summed E-state index contributed by atoms with van der Waals surface area (Å²) in [6, 6.07) is 0. The highest BCUT2D eigenvalue weighted by molar-refractivity contribution is 4.76. The topological polar surface area (TPSA) is 23.5 Å². The molecule has 10 heavy (non-hydrogen) atoms. The predicted octanol–water partition coefficient (Wildman–Crippen LogP) is 0.709. The van der Waals surface area contributed by atoms with Crippen LogP contribution in [0.2, 0.25) is 0 Å². The van der Waals surface area contributed by atoms with E-state index in [2.05, 4.69) is 18.9 Å². The van der Waals surface area contributed by atoms with E-state index in [9.17, 15) is 5.11 Å². The van der Waals surface area contributed by atoms with Gasteiger partial charge < -0.3 is 10.0 Å². The van der Waals surface area contributed by atoms with Gasteiger partial charge in [0.25, 0.3) is 0 Å². The molecule has 1 N–H and O–H groups in total. The van der Waals surface area contributed by atoms with E-state index in [1.165, 1.54) is 0 Å². The number of aliphatic hydroxyl groups excluding tert-OH is 1. The third-order valence-electron chi connectivity index (χ3n) is 2.45. The van der Waals surface area contributed by atoms with Crippen molar-refractivity contribution < 1.29 is 5.11 Å². The average molecular weight is 143 g/mol. The van der Waals surface area contributed by atoms with Gasteiger partial charge in [0, 0.05) is 6.54 Å². The van der Waals surface area contributed by atoms with E-state index in [-0.39, 0.29) is 6.10 Å². The molecule has 0 radical (unpaired) electrons. The molecule has 0 aromatic rings. The largest absolute Gasteiger partial charge is 0.392 e. The van der Waals surface area contributed by atoms with Gasteiger partial charge in [-0.25, -0.2) is 0 Å². The fraction of sp³-hybridized carbons (Fsp3) is 1.00. The molecule has 0 unspecified atom stereocenters. The van der Waals surface area contributed by atoms with E-state index >= 15 is 0 Å². The molecule has 0 spiro atoms. The van der Waals surface area contributed by atoms with Crippen LogP contribution in [-0.2, 0) is 0 Å². The number of hydrogen-bond donors (Lipinski definition) is 1. The number of hydrogen-bond acceptors (Lipinski definition) is 2. The molecule has 1 saturated heterocycles. The van der Waals surface area contributed by atoms with E-state index in [4.69, 9.17) is 0 Å². The molecule has 0 saturated carbocycles. The van der Waals surface area contributed by atoms with Gasteiger partial charge in [0.1, 0.15) is 0 Å². The normalized spacial score (nSPS) is 36.3. The summed E-state index contributed by atoms with van der Waals surface area (Å²) in [6.45, 7) is 4.16. The van der Waals surface area contributed by atoms with Crippen molar-refractivity contribution in [2.75, 3.05) is 20.1 Å². The third-order valence-corrected chi connectivity index (χ3v) is 2.45. The van der Waals surface area contributed by atoms with Gasteiger partial charge in [0.2, 0.25) is 0 Å². The molecule has 1 aliphatic rings. The number of likely N-dealkylation sites (tertiary alicyclic amines) is 1. The zero-order valence-corrected chi connectivity index (χ0v) is 6.88. The quantitative estimate of drug-likeness (QED) is 0.584. The number of β-amino-alcohol motifs (C(OH)–C–C–N with tert-alkyl or cyclic N) is 1.